The molecule has 2 rings (SSSR count). The van der Waals surface area contributed by atoms with Crippen LogP contribution in [0.3, 0.4) is 0 Å². The molecule has 68 valence electrons. The van der Waals surface area contributed by atoms with Gasteiger partial charge in [-0.2, -0.15) is 0 Å². The van der Waals surface area contributed by atoms with Crippen LogP contribution in [0.15, 0.2) is 27.6 Å². The molecule has 0 saturated carbocycles. The summed E-state index contributed by atoms with van der Waals surface area (Å²) in [5.74, 6) is 0.266. The first kappa shape index (κ1) is 9.28. The van der Waals surface area contributed by atoms with Gasteiger partial charge < -0.3 is 0 Å². The highest BCUT2D eigenvalue weighted by Gasteiger charge is 2.23. The molecule has 1 unspecified atom stereocenters. The molecule has 1 heterocycles. The summed E-state index contributed by atoms with van der Waals surface area (Å²) >= 11 is 5.24. The zero-order valence-corrected chi connectivity index (χ0v) is 9.61. The summed E-state index contributed by atoms with van der Waals surface area (Å²) in [6.45, 7) is 2.09. The van der Waals surface area contributed by atoms with E-state index in [1.807, 2.05) is 18.2 Å². The minimum Gasteiger partial charge on any atom is -0.294 e. The molecule has 0 amide bonds. The molecule has 0 fully saturated rings. The lowest BCUT2D eigenvalue weighted by Crippen LogP contribution is -2.14. The largest absolute Gasteiger partial charge is 0.294 e. The Kier molecular flexibility index (Phi) is 2.47. The standard InChI is InChI=1S/C10H9BrOS/c1-6-5-9(12)7-3-2-4-8(11)10(7)13-6/h2-4,6H,5H2,1H3. The number of halogens is 1. The Hall–Kier alpha value is -0.280. The maximum Gasteiger partial charge on any atom is 0.165 e. The van der Waals surface area contributed by atoms with E-state index in [4.69, 9.17) is 0 Å². The van der Waals surface area contributed by atoms with Crippen molar-refractivity contribution in [2.24, 2.45) is 0 Å². The first-order valence-electron chi connectivity index (χ1n) is 4.17. The summed E-state index contributed by atoms with van der Waals surface area (Å²) in [5, 5.41) is 0.402. The second-order valence-electron chi connectivity index (χ2n) is 3.17. The zero-order chi connectivity index (χ0) is 9.42. The number of hydrogen-bond acceptors (Lipinski definition) is 2. The predicted molar refractivity (Wildman–Crippen MR) is 58.4 cm³/mol. The molecule has 1 aromatic carbocycles. The van der Waals surface area contributed by atoms with Crippen LogP contribution in [0.5, 0.6) is 0 Å². The SMILES string of the molecule is CC1CC(=O)c2cccc(Br)c2S1. The van der Waals surface area contributed by atoms with Crippen molar-refractivity contribution in [3.05, 3.63) is 28.2 Å². The van der Waals surface area contributed by atoms with Crippen LogP contribution in [0.25, 0.3) is 0 Å². The molecule has 0 N–H and O–H groups in total. The van der Waals surface area contributed by atoms with E-state index in [1.165, 1.54) is 0 Å². The van der Waals surface area contributed by atoms with Crippen molar-refractivity contribution in [2.75, 3.05) is 0 Å². The molecule has 0 spiro atoms. The Balaban J connectivity index is 2.55. The average Bonchev–Trinajstić information content (AvgIpc) is 2.07. The molecule has 1 nitrogen and oxygen atoms in total. The van der Waals surface area contributed by atoms with Gasteiger partial charge in [0.25, 0.3) is 0 Å². The monoisotopic (exact) mass is 256 g/mol. The number of fused-ring (bicyclic) bond motifs is 1. The van der Waals surface area contributed by atoms with Crippen molar-refractivity contribution in [3.63, 3.8) is 0 Å². The van der Waals surface area contributed by atoms with Gasteiger partial charge in [0.1, 0.15) is 0 Å². The Morgan fingerprint density at radius 1 is 1.54 bits per heavy atom. The van der Waals surface area contributed by atoms with Gasteiger partial charge in [0.05, 0.1) is 0 Å². The minimum atomic E-state index is 0.266. The number of carbonyl (C=O) groups excluding carboxylic acids is 1. The summed E-state index contributed by atoms with van der Waals surface area (Å²) in [5.41, 5.74) is 0.873. The number of hydrogen-bond donors (Lipinski definition) is 0. The van der Waals surface area contributed by atoms with Gasteiger partial charge in [-0.3, -0.25) is 4.79 Å². The van der Waals surface area contributed by atoms with Crippen LogP contribution in [0.1, 0.15) is 23.7 Å². The molecule has 1 aliphatic heterocycles. The van der Waals surface area contributed by atoms with Crippen LogP contribution in [0, 0.1) is 0 Å². The molecule has 1 aliphatic rings. The number of ketones is 1. The van der Waals surface area contributed by atoms with Crippen LogP contribution < -0.4 is 0 Å². The van der Waals surface area contributed by atoms with Gasteiger partial charge in [-0.1, -0.05) is 19.1 Å². The quantitative estimate of drug-likeness (QED) is 0.707. The van der Waals surface area contributed by atoms with E-state index in [9.17, 15) is 4.79 Å². The van der Waals surface area contributed by atoms with Gasteiger partial charge in [0.2, 0.25) is 0 Å². The molecule has 0 radical (unpaired) electrons. The average molecular weight is 257 g/mol. The molecule has 1 atom stereocenters. The van der Waals surface area contributed by atoms with E-state index in [-0.39, 0.29) is 5.78 Å². The van der Waals surface area contributed by atoms with Crippen molar-refractivity contribution in [1.29, 1.82) is 0 Å². The second kappa shape index (κ2) is 3.46. The summed E-state index contributed by atoms with van der Waals surface area (Å²) in [4.78, 5) is 12.7. The molecular formula is C10H9BrOS. The molecule has 1 aromatic rings. The van der Waals surface area contributed by atoms with Crippen molar-refractivity contribution in [2.45, 2.75) is 23.5 Å². The normalized spacial score (nSPS) is 21.4. The van der Waals surface area contributed by atoms with Crippen LogP contribution in [-0.4, -0.2) is 11.0 Å². The highest BCUT2D eigenvalue weighted by atomic mass is 79.9. The van der Waals surface area contributed by atoms with Gasteiger partial charge in [-0.05, 0) is 22.0 Å². The highest BCUT2D eigenvalue weighted by Crippen LogP contribution is 2.39. The van der Waals surface area contributed by atoms with E-state index in [2.05, 4.69) is 22.9 Å². The molecule has 0 saturated heterocycles. The molecule has 0 aliphatic carbocycles. The van der Waals surface area contributed by atoms with Crippen LogP contribution >= 0.6 is 27.7 Å². The third-order valence-electron chi connectivity index (χ3n) is 2.06. The van der Waals surface area contributed by atoms with Gasteiger partial charge in [0, 0.05) is 26.6 Å². The van der Waals surface area contributed by atoms with Gasteiger partial charge in [-0.25, -0.2) is 0 Å². The van der Waals surface area contributed by atoms with Crippen molar-refractivity contribution in [3.8, 4) is 0 Å². The third kappa shape index (κ3) is 1.67. The summed E-state index contributed by atoms with van der Waals surface area (Å²) in [7, 11) is 0. The molecular weight excluding hydrogens is 248 g/mol. The maximum atomic E-state index is 11.6. The summed E-state index contributed by atoms with van der Waals surface area (Å²) in [6, 6.07) is 5.80. The molecule has 0 aromatic heterocycles. The summed E-state index contributed by atoms with van der Waals surface area (Å²) in [6.07, 6.45) is 0.661. The van der Waals surface area contributed by atoms with E-state index in [1.54, 1.807) is 11.8 Å². The first-order chi connectivity index (χ1) is 6.18. The Morgan fingerprint density at radius 2 is 2.31 bits per heavy atom. The molecule has 3 heteroatoms. The van der Waals surface area contributed by atoms with E-state index < -0.39 is 0 Å². The molecule has 13 heavy (non-hydrogen) atoms. The van der Waals surface area contributed by atoms with Crippen LogP contribution in [0.2, 0.25) is 0 Å². The fourth-order valence-corrected chi connectivity index (χ4v) is 3.24. The number of benzene rings is 1. The summed E-state index contributed by atoms with van der Waals surface area (Å²) < 4.78 is 1.04. The number of rotatable bonds is 0. The topological polar surface area (TPSA) is 17.1 Å². The Morgan fingerprint density at radius 3 is 3.08 bits per heavy atom. The Labute approximate surface area is 90.0 Å². The lowest BCUT2D eigenvalue weighted by Gasteiger charge is -2.20. The minimum absolute atomic E-state index is 0.266. The van der Waals surface area contributed by atoms with Crippen molar-refractivity contribution < 1.29 is 4.79 Å². The van der Waals surface area contributed by atoms with Crippen LogP contribution in [0.4, 0.5) is 0 Å². The third-order valence-corrected chi connectivity index (χ3v) is 4.23. The highest BCUT2D eigenvalue weighted by molar-refractivity contribution is 9.10. The lowest BCUT2D eigenvalue weighted by atomic mass is 10.1. The lowest BCUT2D eigenvalue weighted by molar-refractivity contribution is 0.0978. The van der Waals surface area contributed by atoms with Crippen molar-refractivity contribution >= 4 is 33.5 Å². The number of Topliss-reactive ketones (excluding diaryl/α,β-unsaturated/α-hetero) is 1. The first-order valence-corrected chi connectivity index (χ1v) is 5.84. The van der Waals surface area contributed by atoms with Gasteiger partial charge >= 0.3 is 0 Å². The maximum absolute atomic E-state index is 11.6. The van der Waals surface area contributed by atoms with E-state index >= 15 is 0 Å². The van der Waals surface area contributed by atoms with Crippen molar-refractivity contribution in [1.82, 2.24) is 0 Å². The number of carbonyl (C=O) groups is 1. The van der Waals surface area contributed by atoms with Crippen LogP contribution in [-0.2, 0) is 0 Å². The molecule has 0 bridgehead atoms. The van der Waals surface area contributed by atoms with E-state index in [0.717, 1.165) is 14.9 Å². The van der Waals surface area contributed by atoms with Gasteiger partial charge in [-0.15, -0.1) is 11.8 Å². The van der Waals surface area contributed by atoms with E-state index in [0.29, 0.717) is 11.7 Å². The smallest absolute Gasteiger partial charge is 0.165 e. The second-order valence-corrected chi connectivity index (χ2v) is 5.48. The zero-order valence-electron chi connectivity index (χ0n) is 7.21. The fourth-order valence-electron chi connectivity index (χ4n) is 1.46. The number of thioether (sulfide) groups is 1. The Bertz CT molecular complexity index is 362. The fraction of sp³-hybridized carbons (Fsp3) is 0.300. The van der Waals surface area contributed by atoms with Gasteiger partial charge in [0.15, 0.2) is 5.78 Å². The predicted octanol–water partition coefficient (Wildman–Crippen LogP) is 3.52.